The normalized spacial score (nSPS) is 24.6. The second-order valence-corrected chi connectivity index (χ2v) is 4.10. The third kappa shape index (κ3) is 2.33. The van der Waals surface area contributed by atoms with Crippen LogP contribution in [-0.4, -0.2) is 28.8 Å². The summed E-state index contributed by atoms with van der Waals surface area (Å²) >= 11 is 0. The quantitative estimate of drug-likeness (QED) is 0.675. The molecule has 1 fully saturated rings. The molecule has 6 heteroatoms. The summed E-state index contributed by atoms with van der Waals surface area (Å²) in [6, 6.07) is 0. The summed E-state index contributed by atoms with van der Waals surface area (Å²) in [6.45, 7) is 2.89. The molecule has 1 aliphatic heterocycles. The Morgan fingerprint density at radius 1 is 1.81 bits per heavy atom. The van der Waals surface area contributed by atoms with E-state index < -0.39 is 0 Å². The third-order valence-corrected chi connectivity index (χ3v) is 2.77. The largest absolute Gasteiger partial charge is 0.384 e. The first-order chi connectivity index (χ1) is 7.66. The van der Waals surface area contributed by atoms with Crippen LogP contribution in [0.15, 0.2) is 6.20 Å². The smallest absolute Gasteiger partial charge is 0.225 e. The van der Waals surface area contributed by atoms with E-state index in [-0.39, 0.29) is 17.9 Å². The first kappa shape index (κ1) is 10.9. The molecule has 1 amide bonds. The molecule has 16 heavy (non-hydrogen) atoms. The van der Waals surface area contributed by atoms with E-state index >= 15 is 0 Å². The van der Waals surface area contributed by atoms with Gasteiger partial charge in [-0.3, -0.25) is 9.89 Å². The van der Waals surface area contributed by atoms with Crippen LogP contribution in [0.3, 0.4) is 0 Å². The Morgan fingerprint density at radius 2 is 2.62 bits per heavy atom. The molecule has 0 saturated carbocycles. The molecule has 2 heterocycles. The number of amides is 1. The number of aromatic amines is 1. The molecular formula is C10H16N4O2. The predicted molar refractivity (Wildman–Crippen MR) is 58.4 cm³/mol. The van der Waals surface area contributed by atoms with Crippen molar-refractivity contribution in [2.45, 2.75) is 26.0 Å². The fourth-order valence-corrected chi connectivity index (χ4v) is 1.79. The Balaban J connectivity index is 1.82. The van der Waals surface area contributed by atoms with Gasteiger partial charge in [0.05, 0.1) is 24.8 Å². The molecule has 0 radical (unpaired) electrons. The third-order valence-electron chi connectivity index (χ3n) is 2.77. The van der Waals surface area contributed by atoms with Crippen LogP contribution in [0.1, 0.15) is 18.9 Å². The van der Waals surface area contributed by atoms with Crippen molar-refractivity contribution in [2.75, 3.05) is 12.3 Å². The Bertz CT molecular complexity index is 377. The fourth-order valence-electron chi connectivity index (χ4n) is 1.79. The van der Waals surface area contributed by atoms with Crippen LogP contribution in [0.2, 0.25) is 0 Å². The van der Waals surface area contributed by atoms with Crippen LogP contribution in [0, 0.1) is 5.92 Å². The first-order valence-corrected chi connectivity index (χ1v) is 5.34. The molecule has 88 valence electrons. The van der Waals surface area contributed by atoms with Gasteiger partial charge in [0.25, 0.3) is 0 Å². The molecule has 0 bridgehead atoms. The van der Waals surface area contributed by atoms with Gasteiger partial charge in [-0.1, -0.05) is 0 Å². The van der Waals surface area contributed by atoms with Gasteiger partial charge in [0.1, 0.15) is 5.82 Å². The lowest BCUT2D eigenvalue weighted by Crippen LogP contribution is -2.30. The van der Waals surface area contributed by atoms with Crippen molar-refractivity contribution in [1.82, 2.24) is 15.5 Å². The lowest BCUT2D eigenvalue weighted by Gasteiger charge is -2.08. The molecule has 2 rings (SSSR count). The number of aromatic nitrogens is 2. The molecule has 1 aromatic heterocycles. The van der Waals surface area contributed by atoms with Gasteiger partial charge in [0, 0.05) is 12.1 Å². The fraction of sp³-hybridized carbons (Fsp3) is 0.600. The number of rotatable bonds is 3. The average molecular weight is 224 g/mol. The van der Waals surface area contributed by atoms with Crippen molar-refractivity contribution < 1.29 is 9.53 Å². The highest BCUT2D eigenvalue weighted by Crippen LogP contribution is 2.19. The number of nitrogen functional groups attached to an aromatic ring is 1. The van der Waals surface area contributed by atoms with Gasteiger partial charge in [0.15, 0.2) is 0 Å². The highest BCUT2D eigenvalue weighted by Gasteiger charge is 2.27. The lowest BCUT2D eigenvalue weighted by molar-refractivity contribution is -0.125. The SMILES string of the molecule is CC1CC(C(=O)NCc2cn[nH]c2N)CO1. The summed E-state index contributed by atoms with van der Waals surface area (Å²) in [6.07, 6.45) is 2.57. The Labute approximate surface area is 93.5 Å². The zero-order valence-electron chi connectivity index (χ0n) is 9.19. The maximum absolute atomic E-state index is 11.7. The molecule has 1 aromatic rings. The monoisotopic (exact) mass is 224 g/mol. The van der Waals surface area contributed by atoms with E-state index in [1.54, 1.807) is 6.20 Å². The van der Waals surface area contributed by atoms with E-state index in [1.807, 2.05) is 6.92 Å². The van der Waals surface area contributed by atoms with Crippen LogP contribution in [0.5, 0.6) is 0 Å². The van der Waals surface area contributed by atoms with E-state index in [0.29, 0.717) is 19.0 Å². The Kier molecular flexibility index (Phi) is 3.09. The second kappa shape index (κ2) is 4.52. The Hall–Kier alpha value is -1.56. The van der Waals surface area contributed by atoms with Gasteiger partial charge >= 0.3 is 0 Å². The van der Waals surface area contributed by atoms with Crippen molar-refractivity contribution in [2.24, 2.45) is 5.92 Å². The predicted octanol–water partition coefficient (Wildman–Crippen LogP) is 0.0331. The molecule has 2 unspecified atom stereocenters. The number of nitrogens with two attached hydrogens (primary N) is 1. The van der Waals surface area contributed by atoms with Crippen molar-refractivity contribution in [3.05, 3.63) is 11.8 Å². The number of carbonyl (C=O) groups excluding carboxylic acids is 1. The topological polar surface area (TPSA) is 93.0 Å². The maximum atomic E-state index is 11.7. The number of carbonyl (C=O) groups is 1. The summed E-state index contributed by atoms with van der Waals surface area (Å²) < 4.78 is 5.34. The highest BCUT2D eigenvalue weighted by molar-refractivity contribution is 5.79. The van der Waals surface area contributed by atoms with E-state index in [9.17, 15) is 4.79 Å². The summed E-state index contributed by atoms with van der Waals surface area (Å²) in [5.41, 5.74) is 6.41. The van der Waals surface area contributed by atoms with E-state index in [2.05, 4.69) is 15.5 Å². The minimum atomic E-state index is -0.0388. The zero-order valence-corrected chi connectivity index (χ0v) is 9.19. The number of hydrogen-bond acceptors (Lipinski definition) is 4. The number of nitrogens with one attached hydrogen (secondary N) is 2. The van der Waals surface area contributed by atoms with Gasteiger partial charge in [-0.2, -0.15) is 5.10 Å². The number of ether oxygens (including phenoxy) is 1. The van der Waals surface area contributed by atoms with Gasteiger partial charge in [-0.05, 0) is 13.3 Å². The maximum Gasteiger partial charge on any atom is 0.225 e. The standard InChI is InChI=1S/C10H16N4O2/c1-6-2-7(5-16-6)10(15)12-3-8-4-13-14-9(8)11/h4,6-7H,2-3,5H2,1H3,(H,12,15)(H3,11,13,14). The summed E-state index contributed by atoms with van der Waals surface area (Å²) in [7, 11) is 0. The van der Waals surface area contributed by atoms with Crippen molar-refractivity contribution in [3.8, 4) is 0 Å². The van der Waals surface area contributed by atoms with Crippen molar-refractivity contribution in [3.63, 3.8) is 0 Å². The number of hydrogen-bond donors (Lipinski definition) is 3. The van der Waals surface area contributed by atoms with Gasteiger partial charge in [-0.15, -0.1) is 0 Å². The van der Waals surface area contributed by atoms with Gasteiger partial charge in [-0.25, -0.2) is 0 Å². The lowest BCUT2D eigenvalue weighted by atomic mass is 10.1. The van der Waals surface area contributed by atoms with Crippen LogP contribution < -0.4 is 11.1 Å². The van der Waals surface area contributed by atoms with Crippen LogP contribution in [0.4, 0.5) is 5.82 Å². The van der Waals surface area contributed by atoms with Crippen molar-refractivity contribution in [1.29, 1.82) is 0 Å². The summed E-state index contributed by atoms with van der Waals surface area (Å²) in [5.74, 6) is 0.476. The minimum Gasteiger partial charge on any atom is -0.384 e. The molecule has 2 atom stereocenters. The summed E-state index contributed by atoms with van der Waals surface area (Å²) in [5, 5.41) is 9.23. The minimum absolute atomic E-state index is 0.0185. The molecule has 1 aliphatic rings. The molecule has 4 N–H and O–H groups in total. The van der Waals surface area contributed by atoms with Gasteiger partial charge in [0.2, 0.25) is 5.91 Å². The van der Waals surface area contributed by atoms with E-state index in [1.165, 1.54) is 0 Å². The molecule has 0 spiro atoms. The Morgan fingerprint density at radius 3 is 3.19 bits per heavy atom. The van der Waals surface area contributed by atoms with E-state index in [4.69, 9.17) is 10.5 Å². The van der Waals surface area contributed by atoms with Crippen LogP contribution in [-0.2, 0) is 16.1 Å². The second-order valence-electron chi connectivity index (χ2n) is 4.10. The molecule has 0 aliphatic carbocycles. The highest BCUT2D eigenvalue weighted by atomic mass is 16.5. The van der Waals surface area contributed by atoms with Crippen LogP contribution in [0.25, 0.3) is 0 Å². The van der Waals surface area contributed by atoms with Crippen LogP contribution >= 0.6 is 0 Å². The molecule has 0 aromatic carbocycles. The number of nitrogens with zero attached hydrogens (tertiary/aromatic N) is 1. The van der Waals surface area contributed by atoms with E-state index in [0.717, 1.165) is 12.0 Å². The molecular weight excluding hydrogens is 208 g/mol. The average Bonchev–Trinajstić information content (AvgIpc) is 2.84. The molecule has 1 saturated heterocycles. The van der Waals surface area contributed by atoms with Gasteiger partial charge < -0.3 is 15.8 Å². The first-order valence-electron chi connectivity index (χ1n) is 5.34. The van der Waals surface area contributed by atoms with Crippen molar-refractivity contribution >= 4 is 11.7 Å². The molecule has 6 nitrogen and oxygen atoms in total. The zero-order chi connectivity index (χ0) is 11.5. The number of H-pyrrole nitrogens is 1. The number of anilines is 1. The summed E-state index contributed by atoms with van der Waals surface area (Å²) in [4.78, 5) is 11.7.